The van der Waals surface area contributed by atoms with Crippen LogP contribution in [0, 0.1) is 0 Å². The minimum Gasteiger partial charge on any atom is -0.393 e. The van der Waals surface area contributed by atoms with Gasteiger partial charge in [0, 0.05) is 12.7 Å². The highest BCUT2D eigenvalue weighted by Crippen LogP contribution is 2.05. The van der Waals surface area contributed by atoms with Gasteiger partial charge in [0.05, 0.1) is 6.20 Å². The summed E-state index contributed by atoms with van der Waals surface area (Å²) in [6, 6.07) is 0. The fraction of sp³-hybridized carbons (Fsp3) is 0.143. The third-order valence-corrected chi connectivity index (χ3v) is 1.68. The fourth-order valence-corrected chi connectivity index (χ4v) is 1.03. The zero-order valence-corrected chi connectivity index (χ0v) is 6.82. The highest BCUT2D eigenvalue weighted by atomic mass is 16.1. The van der Waals surface area contributed by atoms with Crippen LogP contribution in [0.3, 0.4) is 0 Å². The highest BCUT2D eigenvalue weighted by Gasteiger charge is 2.08. The molecule has 2 rings (SSSR count). The van der Waals surface area contributed by atoms with Crippen molar-refractivity contribution in [3.8, 4) is 0 Å². The van der Waals surface area contributed by atoms with Crippen molar-refractivity contribution in [3.05, 3.63) is 28.8 Å². The first-order chi connectivity index (χ1) is 6.27. The molecule has 6 heteroatoms. The molecule has 0 unspecified atom stereocenters. The van der Waals surface area contributed by atoms with Crippen molar-refractivity contribution in [3.63, 3.8) is 0 Å². The molecule has 1 aliphatic heterocycles. The maximum Gasteiger partial charge on any atom is 0.275 e. The number of nitrogens with two attached hydrogens (primary N) is 1. The van der Waals surface area contributed by atoms with E-state index in [2.05, 4.69) is 15.4 Å². The summed E-state index contributed by atoms with van der Waals surface area (Å²) in [6.45, 7) is 0.730. The molecular formula is C7H9N5O. The number of rotatable bonds is 1. The van der Waals surface area contributed by atoms with Crippen molar-refractivity contribution >= 4 is 11.6 Å². The van der Waals surface area contributed by atoms with Crippen LogP contribution in [0.15, 0.2) is 23.3 Å². The van der Waals surface area contributed by atoms with E-state index in [1.807, 2.05) is 6.08 Å². The summed E-state index contributed by atoms with van der Waals surface area (Å²) in [5.41, 5.74) is 8.08. The summed E-state index contributed by atoms with van der Waals surface area (Å²) < 4.78 is 0. The Kier molecular flexibility index (Phi) is 1.75. The fourth-order valence-electron chi connectivity index (χ4n) is 1.03. The van der Waals surface area contributed by atoms with Crippen molar-refractivity contribution < 1.29 is 0 Å². The lowest BCUT2D eigenvalue weighted by Gasteiger charge is -2.13. The highest BCUT2D eigenvalue weighted by molar-refractivity contribution is 5.40. The Labute approximate surface area is 74.1 Å². The number of nitrogens with one attached hydrogen (secondary N) is 2. The lowest BCUT2D eigenvalue weighted by Crippen LogP contribution is -2.31. The van der Waals surface area contributed by atoms with Crippen molar-refractivity contribution in [1.82, 2.24) is 15.4 Å². The molecule has 1 aromatic rings. The van der Waals surface area contributed by atoms with Crippen LogP contribution in [0.4, 0.5) is 11.6 Å². The van der Waals surface area contributed by atoms with Crippen LogP contribution in [-0.2, 0) is 0 Å². The Morgan fingerprint density at radius 3 is 3.08 bits per heavy atom. The SMILES string of the molecule is Nc1cnc(N2C=CCN2)[nH]c1=O. The largest absolute Gasteiger partial charge is 0.393 e. The lowest BCUT2D eigenvalue weighted by atomic mass is 10.5. The van der Waals surface area contributed by atoms with Crippen LogP contribution >= 0.6 is 0 Å². The average molecular weight is 179 g/mol. The second-order valence-electron chi connectivity index (χ2n) is 2.61. The van der Waals surface area contributed by atoms with Crippen molar-refractivity contribution in [2.75, 3.05) is 17.3 Å². The van der Waals surface area contributed by atoms with Gasteiger partial charge in [-0.2, -0.15) is 0 Å². The van der Waals surface area contributed by atoms with Gasteiger partial charge in [0.1, 0.15) is 5.69 Å². The normalized spacial score (nSPS) is 15.2. The molecule has 4 N–H and O–H groups in total. The number of aromatic amines is 1. The number of H-pyrrole nitrogens is 1. The summed E-state index contributed by atoms with van der Waals surface area (Å²) in [5, 5.41) is 1.63. The second kappa shape index (κ2) is 2.91. The number of hydrogen-bond acceptors (Lipinski definition) is 5. The Hall–Kier alpha value is -1.82. The molecule has 68 valence electrons. The zero-order chi connectivity index (χ0) is 9.26. The molecule has 0 aromatic carbocycles. The molecule has 0 atom stereocenters. The smallest absolute Gasteiger partial charge is 0.275 e. The number of nitrogens with zero attached hydrogens (tertiary/aromatic N) is 2. The van der Waals surface area contributed by atoms with Gasteiger partial charge in [-0.3, -0.25) is 14.8 Å². The van der Waals surface area contributed by atoms with Gasteiger partial charge >= 0.3 is 0 Å². The van der Waals surface area contributed by atoms with E-state index in [4.69, 9.17) is 5.73 Å². The van der Waals surface area contributed by atoms with E-state index in [1.165, 1.54) is 6.20 Å². The predicted molar refractivity (Wildman–Crippen MR) is 48.9 cm³/mol. The number of hydrogen-bond donors (Lipinski definition) is 3. The van der Waals surface area contributed by atoms with E-state index in [0.717, 1.165) is 6.54 Å². The standard InChI is InChI=1S/C7H9N5O/c8-5-4-9-7(11-6(5)13)12-3-1-2-10-12/h1,3-4,10H,2,8H2,(H,9,11,13). The minimum atomic E-state index is -0.327. The van der Waals surface area contributed by atoms with Crippen LogP contribution in [-0.4, -0.2) is 16.5 Å². The van der Waals surface area contributed by atoms with E-state index in [9.17, 15) is 4.79 Å². The number of aromatic nitrogens is 2. The minimum absolute atomic E-state index is 0.118. The molecule has 6 nitrogen and oxygen atoms in total. The summed E-state index contributed by atoms with van der Waals surface area (Å²) in [4.78, 5) is 17.6. The Bertz CT molecular complexity index is 396. The van der Waals surface area contributed by atoms with Crippen LogP contribution in [0.2, 0.25) is 0 Å². The number of hydrazine groups is 1. The maximum atomic E-state index is 11.1. The topological polar surface area (TPSA) is 87.0 Å². The maximum absolute atomic E-state index is 11.1. The molecule has 2 heterocycles. The van der Waals surface area contributed by atoms with Gasteiger partial charge in [-0.15, -0.1) is 0 Å². The lowest BCUT2D eigenvalue weighted by molar-refractivity contribution is 0.780. The summed E-state index contributed by atoms with van der Waals surface area (Å²) in [5.74, 6) is 0.438. The molecule has 0 aliphatic carbocycles. The quantitative estimate of drug-likeness (QED) is 0.525. The molecule has 0 spiro atoms. The molecule has 0 radical (unpaired) electrons. The third-order valence-electron chi connectivity index (χ3n) is 1.68. The molecule has 13 heavy (non-hydrogen) atoms. The molecule has 0 saturated heterocycles. The number of anilines is 2. The van der Waals surface area contributed by atoms with Crippen LogP contribution in [0.5, 0.6) is 0 Å². The van der Waals surface area contributed by atoms with Gasteiger partial charge in [-0.05, 0) is 0 Å². The van der Waals surface area contributed by atoms with Crippen molar-refractivity contribution in [2.24, 2.45) is 0 Å². The van der Waals surface area contributed by atoms with E-state index in [-0.39, 0.29) is 11.2 Å². The van der Waals surface area contributed by atoms with E-state index < -0.39 is 0 Å². The summed E-state index contributed by atoms with van der Waals surface area (Å²) >= 11 is 0. The first-order valence-electron chi connectivity index (χ1n) is 3.81. The van der Waals surface area contributed by atoms with E-state index >= 15 is 0 Å². The van der Waals surface area contributed by atoms with Gasteiger partial charge in [0.25, 0.3) is 5.56 Å². The molecule has 0 saturated carbocycles. The third kappa shape index (κ3) is 1.38. The van der Waals surface area contributed by atoms with Crippen LogP contribution in [0.25, 0.3) is 0 Å². The Balaban J connectivity index is 2.36. The van der Waals surface area contributed by atoms with Gasteiger partial charge in [0.15, 0.2) is 0 Å². The molecule has 1 aromatic heterocycles. The molecular weight excluding hydrogens is 170 g/mol. The molecule has 0 amide bonds. The first kappa shape index (κ1) is 7.81. The second-order valence-corrected chi connectivity index (χ2v) is 2.61. The monoisotopic (exact) mass is 179 g/mol. The first-order valence-corrected chi connectivity index (χ1v) is 3.81. The number of nitrogen functional groups attached to an aromatic ring is 1. The van der Waals surface area contributed by atoms with Gasteiger partial charge < -0.3 is 5.73 Å². The Morgan fingerprint density at radius 1 is 1.62 bits per heavy atom. The van der Waals surface area contributed by atoms with Gasteiger partial charge in [-0.25, -0.2) is 10.4 Å². The van der Waals surface area contributed by atoms with Crippen LogP contribution < -0.4 is 21.7 Å². The van der Waals surface area contributed by atoms with Gasteiger partial charge in [-0.1, -0.05) is 6.08 Å². The van der Waals surface area contributed by atoms with Gasteiger partial charge in [0.2, 0.25) is 5.95 Å². The van der Waals surface area contributed by atoms with E-state index in [1.54, 1.807) is 11.2 Å². The predicted octanol–water partition coefficient (Wildman–Crippen LogP) is -0.810. The molecule has 0 fully saturated rings. The zero-order valence-electron chi connectivity index (χ0n) is 6.82. The molecule has 0 bridgehead atoms. The summed E-state index contributed by atoms with van der Waals surface area (Å²) in [6.07, 6.45) is 5.03. The summed E-state index contributed by atoms with van der Waals surface area (Å²) in [7, 11) is 0. The molecule has 1 aliphatic rings. The van der Waals surface area contributed by atoms with E-state index in [0.29, 0.717) is 5.95 Å². The van der Waals surface area contributed by atoms with Crippen LogP contribution in [0.1, 0.15) is 0 Å². The van der Waals surface area contributed by atoms with Crippen molar-refractivity contribution in [1.29, 1.82) is 0 Å². The van der Waals surface area contributed by atoms with Crippen molar-refractivity contribution in [2.45, 2.75) is 0 Å². The average Bonchev–Trinajstić information content (AvgIpc) is 2.62. The Morgan fingerprint density at radius 2 is 2.46 bits per heavy atom.